The summed E-state index contributed by atoms with van der Waals surface area (Å²) in [7, 11) is 1.72. The predicted octanol–water partition coefficient (Wildman–Crippen LogP) is 3.08. The van der Waals surface area contributed by atoms with E-state index in [1.165, 1.54) is 0 Å². The number of hydrogen-bond acceptors (Lipinski definition) is 3. The van der Waals surface area contributed by atoms with Gasteiger partial charge in [-0.2, -0.15) is 0 Å². The number of H-pyrrole nitrogens is 3. The van der Waals surface area contributed by atoms with Crippen LogP contribution in [0, 0.1) is 0 Å². The number of benzene rings is 2. The molecule has 1 aliphatic heterocycles. The van der Waals surface area contributed by atoms with Crippen LogP contribution in [0.3, 0.4) is 0 Å². The SMILES string of the molecule is CN1C(=O)[C@@H](c2c(-c3ccc(Br)cc3)[nH]c3[nH]c(=O)[nH]c(=O)c23)c2ccccc21. The maximum atomic E-state index is 13.2. The molecule has 29 heavy (non-hydrogen) atoms. The van der Waals surface area contributed by atoms with E-state index < -0.39 is 17.2 Å². The van der Waals surface area contributed by atoms with Gasteiger partial charge in [0.1, 0.15) is 5.65 Å². The van der Waals surface area contributed by atoms with Crippen LogP contribution in [0.2, 0.25) is 0 Å². The third kappa shape index (κ3) is 2.60. The molecule has 0 spiro atoms. The fourth-order valence-electron chi connectivity index (χ4n) is 4.05. The summed E-state index contributed by atoms with van der Waals surface area (Å²) in [6.45, 7) is 0. The lowest BCUT2D eigenvalue weighted by Crippen LogP contribution is -2.26. The largest absolute Gasteiger partial charge is 0.340 e. The molecule has 7 nitrogen and oxygen atoms in total. The molecule has 0 bridgehead atoms. The molecule has 0 radical (unpaired) electrons. The van der Waals surface area contributed by atoms with Crippen molar-refractivity contribution >= 4 is 38.6 Å². The molecular weight excluding hydrogens is 436 g/mol. The maximum Gasteiger partial charge on any atom is 0.327 e. The van der Waals surface area contributed by atoms with Crippen molar-refractivity contribution in [1.82, 2.24) is 15.0 Å². The number of halogens is 1. The highest BCUT2D eigenvalue weighted by Crippen LogP contribution is 2.45. The first kappa shape index (κ1) is 17.7. The Bertz CT molecular complexity index is 1400. The molecule has 0 unspecified atom stereocenters. The summed E-state index contributed by atoms with van der Waals surface area (Å²) in [6.07, 6.45) is 0. The second kappa shape index (κ2) is 6.31. The molecule has 3 heterocycles. The van der Waals surface area contributed by atoms with Crippen molar-refractivity contribution < 1.29 is 4.79 Å². The lowest BCUT2D eigenvalue weighted by Gasteiger charge is -2.13. The number of carbonyl (C=O) groups is 1. The Morgan fingerprint density at radius 1 is 0.931 bits per heavy atom. The fraction of sp³-hybridized carbons (Fsp3) is 0.0952. The molecule has 5 rings (SSSR count). The minimum Gasteiger partial charge on any atom is -0.340 e. The van der Waals surface area contributed by atoms with Crippen molar-refractivity contribution in [3.8, 4) is 11.3 Å². The average molecular weight is 451 g/mol. The van der Waals surface area contributed by atoms with Crippen molar-refractivity contribution in [3.63, 3.8) is 0 Å². The molecule has 0 saturated carbocycles. The monoisotopic (exact) mass is 450 g/mol. The Kier molecular flexibility index (Phi) is 3.85. The van der Waals surface area contributed by atoms with Crippen molar-refractivity contribution in [3.05, 3.63) is 85.0 Å². The highest BCUT2D eigenvalue weighted by molar-refractivity contribution is 9.10. The van der Waals surface area contributed by atoms with Gasteiger partial charge in [0, 0.05) is 22.8 Å². The lowest BCUT2D eigenvalue weighted by molar-refractivity contribution is -0.118. The second-order valence-electron chi connectivity index (χ2n) is 6.97. The zero-order valence-corrected chi connectivity index (χ0v) is 16.8. The van der Waals surface area contributed by atoms with E-state index in [-0.39, 0.29) is 11.3 Å². The van der Waals surface area contributed by atoms with Crippen molar-refractivity contribution in [2.24, 2.45) is 0 Å². The Morgan fingerprint density at radius 3 is 2.41 bits per heavy atom. The van der Waals surface area contributed by atoms with Crippen LogP contribution in [-0.2, 0) is 4.79 Å². The number of aromatic amines is 3. The van der Waals surface area contributed by atoms with Crippen LogP contribution in [0.15, 0.2) is 62.6 Å². The summed E-state index contributed by atoms with van der Waals surface area (Å²) in [4.78, 5) is 47.5. The summed E-state index contributed by atoms with van der Waals surface area (Å²) in [5.41, 5.74) is 2.78. The normalized spacial score (nSPS) is 15.9. The molecule has 8 heteroatoms. The van der Waals surface area contributed by atoms with Gasteiger partial charge in [-0.15, -0.1) is 0 Å². The molecule has 0 fully saturated rings. The molecule has 144 valence electrons. The standard InChI is InChI=1S/C21H15BrN4O3/c1-26-13-5-3-2-4-12(13)14(20(26)28)15-16-18(24-21(29)25-19(16)27)23-17(15)10-6-8-11(22)9-7-10/h2-9,14H,1H3,(H3,23,24,25,27,29)/t14-/m1/s1. The van der Waals surface area contributed by atoms with Gasteiger partial charge in [-0.1, -0.05) is 46.3 Å². The highest BCUT2D eigenvalue weighted by Gasteiger charge is 2.39. The predicted molar refractivity (Wildman–Crippen MR) is 114 cm³/mol. The minimum absolute atomic E-state index is 0.129. The van der Waals surface area contributed by atoms with Gasteiger partial charge in [-0.3, -0.25) is 19.6 Å². The van der Waals surface area contributed by atoms with Crippen LogP contribution in [0.25, 0.3) is 22.3 Å². The first-order valence-electron chi connectivity index (χ1n) is 8.96. The van der Waals surface area contributed by atoms with Gasteiger partial charge in [0.05, 0.1) is 17.0 Å². The Morgan fingerprint density at radius 2 is 1.66 bits per heavy atom. The number of anilines is 1. The number of nitrogens with zero attached hydrogens (tertiary/aromatic N) is 1. The molecule has 2 aromatic carbocycles. The smallest absolute Gasteiger partial charge is 0.327 e. The number of nitrogens with one attached hydrogen (secondary N) is 3. The Labute approximate surface area is 172 Å². The number of likely N-dealkylation sites (N-methyl/N-ethyl adjacent to an activating group) is 1. The Hall–Kier alpha value is -3.39. The molecule has 1 atom stereocenters. The minimum atomic E-state index is -0.657. The van der Waals surface area contributed by atoms with E-state index in [0.717, 1.165) is 21.3 Å². The number of hydrogen-bond donors (Lipinski definition) is 3. The van der Waals surface area contributed by atoms with E-state index in [0.29, 0.717) is 16.9 Å². The average Bonchev–Trinajstić information content (AvgIpc) is 3.18. The van der Waals surface area contributed by atoms with E-state index in [1.807, 2.05) is 48.5 Å². The van der Waals surface area contributed by atoms with E-state index in [4.69, 9.17) is 0 Å². The van der Waals surface area contributed by atoms with Crippen LogP contribution >= 0.6 is 15.9 Å². The van der Waals surface area contributed by atoms with E-state index in [2.05, 4.69) is 30.9 Å². The lowest BCUT2D eigenvalue weighted by atomic mass is 9.89. The summed E-state index contributed by atoms with van der Waals surface area (Å²) < 4.78 is 0.909. The van der Waals surface area contributed by atoms with Crippen LogP contribution in [0.1, 0.15) is 17.0 Å². The van der Waals surface area contributed by atoms with Crippen LogP contribution in [0.5, 0.6) is 0 Å². The van der Waals surface area contributed by atoms with Crippen molar-refractivity contribution in [1.29, 1.82) is 0 Å². The van der Waals surface area contributed by atoms with E-state index >= 15 is 0 Å². The first-order valence-corrected chi connectivity index (χ1v) is 9.75. The van der Waals surface area contributed by atoms with Crippen LogP contribution in [-0.4, -0.2) is 27.9 Å². The number of rotatable bonds is 2. The number of amides is 1. The van der Waals surface area contributed by atoms with Gasteiger partial charge in [0.2, 0.25) is 5.91 Å². The number of aromatic nitrogens is 3. The zero-order valence-electron chi connectivity index (χ0n) is 15.2. The first-order chi connectivity index (χ1) is 14.0. The molecule has 1 aliphatic rings. The summed E-state index contributed by atoms with van der Waals surface area (Å²) in [5, 5.41) is 0.283. The molecule has 3 N–H and O–H groups in total. The number of carbonyl (C=O) groups excluding carboxylic acids is 1. The zero-order chi connectivity index (χ0) is 20.3. The summed E-state index contributed by atoms with van der Waals surface area (Å²) >= 11 is 3.42. The fourth-order valence-corrected chi connectivity index (χ4v) is 4.31. The van der Waals surface area contributed by atoms with Crippen LogP contribution in [0.4, 0.5) is 5.69 Å². The molecule has 4 aromatic rings. The summed E-state index contributed by atoms with van der Waals surface area (Å²) in [6, 6.07) is 15.1. The van der Waals surface area contributed by atoms with Crippen LogP contribution < -0.4 is 16.1 Å². The van der Waals surface area contributed by atoms with E-state index in [9.17, 15) is 14.4 Å². The molecule has 0 saturated heterocycles. The Balaban J connectivity index is 1.89. The maximum absolute atomic E-state index is 13.2. The second-order valence-corrected chi connectivity index (χ2v) is 7.88. The van der Waals surface area contributed by atoms with Crippen molar-refractivity contribution in [2.75, 3.05) is 11.9 Å². The highest BCUT2D eigenvalue weighted by atomic mass is 79.9. The number of para-hydroxylation sites is 1. The molecule has 0 aliphatic carbocycles. The third-order valence-electron chi connectivity index (χ3n) is 5.34. The van der Waals surface area contributed by atoms with Gasteiger partial charge < -0.3 is 9.88 Å². The van der Waals surface area contributed by atoms with Crippen molar-refractivity contribution in [2.45, 2.75) is 5.92 Å². The quantitative estimate of drug-likeness (QED) is 0.437. The van der Waals surface area contributed by atoms with Gasteiger partial charge in [0.15, 0.2) is 0 Å². The third-order valence-corrected chi connectivity index (χ3v) is 5.87. The molecular formula is C21H15BrN4O3. The van der Waals surface area contributed by atoms with Gasteiger partial charge >= 0.3 is 5.69 Å². The topological polar surface area (TPSA) is 102 Å². The van der Waals surface area contributed by atoms with Gasteiger partial charge in [-0.05, 0) is 29.3 Å². The molecule has 2 aromatic heterocycles. The summed E-state index contributed by atoms with van der Waals surface area (Å²) in [5.74, 6) is -0.785. The van der Waals surface area contributed by atoms with Gasteiger partial charge in [-0.25, -0.2) is 4.79 Å². The van der Waals surface area contributed by atoms with E-state index in [1.54, 1.807) is 11.9 Å². The van der Waals surface area contributed by atoms with Gasteiger partial charge in [0.25, 0.3) is 5.56 Å². The number of fused-ring (bicyclic) bond motifs is 2. The molecule has 1 amide bonds.